The van der Waals surface area contributed by atoms with Gasteiger partial charge in [0.05, 0.1) is 11.4 Å². The lowest BCUT2D eigenvalue weighted by atomic mass is 10.0. The number of hydrogen-bond acceptors (Lipinski definition) is 7. The Hall–Kier alpha value is -4.80. The van der Waals surface area contributed by atoms with Gasteiger partial charge in [-0.05, 0) is 55.3 Å². The largest absolute Gasteiger partial charge is 0.351 e. The van der Waals surface area contributed by atoms with Crippen LogP contribution in [0.2, 0.25) is 0 Å². The number of H-pyrrole nitrogens is 1. The second-order valence-electron chi connectivity index (χ2n) is 9.79. The SMILES string of the molecule is CN1C(=O)CCN(C2CCN(C(=O)c3cc4cc(Nc5nccc(-c6ccccn6)n5)ccc4[nH]3)CC2)C1=O. The molecule has 1 aromatic carbocycles. The van der Waals surface area contributed by atoms with Gasteiger partial charge in [0.1, 0.15) is 5.69 Å². The summed E-state index contributed by atoms with van der Waals surface area (Å²) in [6.45, 7) is 1.55. The first-order chi connectivity index (χ1) is 19.0. The van der Waals surface area contributed by atoms with E-state index >= 15 is 0 Å². The summed E-state index contributed by atoms with van der Waals surface area (Å²) in [6.07, 6.45) is 5.13. The van der Waals surface area contributed by atoms with Crippen LogP contribution in [0.25, 0.3) is 22.3 Å². The Morgan fingerprint density at radius 3 is 2.62 bits per heavy atom. The fourth-order valence-electron chi connectivity index (χ4n) is 5.20. The number of imide groups is 1. The van der Waals surface area contributed by atoms with E-state index in [9.17, 15) is 14.4 Å². The van der Waals surface area contributed by atoms with Crippen molar-refractivity contribution in [1.29, 1.82) is 0 Å². The van der Waals surface area contributed by atoms with Gasteiger partial charge in [0.2, 0.25) is 11.9 Å². The Balaban J connectivity index is 1.12. The quantitative estimate of drug-likeness (QED) is 0.408. The van der Waals surface area contributed by atoms with Crippen molar-refractivity contribution in [1.82, 2.24) is 34.6 Å². The third-order valence-electron chi connectivity index (χ3n) is 7.36. The molecule has 0 bridgehead atoms. The number of urea groups is 1. The maximum absolute atomic E-state index is 13.3. The number of nitrogens with zero attached hydrogens (tertiary/aromatic N) is 6. The molecule has 2 saturated heterocycles. The van der Waals surface area contributed by atoms with Crippen molar-refractivity contribution in [3.05, 3.63) is 66.6 Å². The highest BCUT2D eigenvalue weighted by molar-refractivity contribution is 5.99. The number of anilines is 2. The van der Waals surface area contributed by atoms with Gasteiger partial charge in [-0.3, -0.25) is 19.5 Å². The average Bonchev–Trinajstić information content (AvgIpc) is 3.40. The molecule has 0 unspecified atom stereocenters. The maximum atomic E-state index is 13.3. The summed E-state index contributed by atoms with van der Waals surface area (Å²) in [5, 5.41) is 4.13. The molecule has 2 aliphatic rings. The number of hydrogen-bond donors (Lipinski definition) is 2. The van der Waals surface area contributed by atoms with Crippen LogP contribution in [-0.4, -0.2) is 85.2 Å². The highest BCUT2D eigenvalue weighted by Crippen LogP contribution is 2.26. The molecule has 11 nitrogen and oxygen atoms in total. The van der Waals surface area contributed by atoms with E-state index in [2.05, 4.69) is 25.3 Å². The van der Waals surface area contributed by atoms with Crippen molar-refractivity contribution < 1.29 is 14.4 Å². The number of rotatable bonds is 5. The van der Waals surface area contributed by atoms with Crippen LogP contribution in [0.3, 0.4) is 0 Å². The first-order valence-corrected chi connectivity index (χ1v) is 13.0. The van der Waals surface area contributed by atoms with Crippen molar-refractivity contribution in [3.8, 4) is 11.4 Å². The third-order valence-corrected chi connectivity index (χ3v) is 7.36. The monoisotopic (exact) mass is 524 g/mol. The molecule has 0 spiro atoms. The Morgan fingerprint density at radius 1 is 0.974 bits per heavy atom. The molecular weight excluding hydrogens is 496 g/mol. The van der Waals surface area contributed by atoms with E-state index in [-0.39, 0.29) is 23.9 Å². The molecule has 3 aromatic heterocycles. The zero-order valence-electron chi connectivity index (χ0n) is 21.5. The number of aromatic nitrogens is 4. The summed E-state index contributed by atoms with van der Waals surface area (Å²) in [5.74, 6) is 0.240. The Bertz CT molecular complexity index is 1540. The van der Waals surface area contributed by atoms with E-state index in [1.165, 1.54) is 11.9 Å². The number of carbonyl (C=O) groups excluding carboxylic acids is 3. The van der Waals surface area contributed by atoms with Crippen molar-refractivity contribution in [2.24, 2.45) is 0 Å². The van der Waals surface area contributed by atoms with E-state index in [4.69, 9.17) is 0 Å². The second kappa shape index (κ2) is 10.2. The Labute approximate surface area is 224 Å². The van der Waals surface area contributed by atoms with Crippen molar-refractivity contribution in [2.75, 3.05) is 32.0 Å². The molecule has 4 amide bonds. The Morgan fingerprint density at radius 2 is 1.82 bits per heavy atom. The summed E-state index contributed by atoms with van der Waals surface area (Å²) in [6, 6.07) is 14.9. The molecule has 0 saturated carbocycles. The van der Waals surface area contributed by atoms with Crippen LogP contribution in [0.5, 0.6) is 0 Å². The van der Waals surface area contributed by atoms with E-state index in [0.29, 0.717) is 50.5 Å². The van der Waals surface area contributed by atoms with Crippen LogP contribution in [-0.2, 0) is 4.79 Å². The lowest BCUT2D eigenvalue weighted by Gasteiger charge is -2.41. The number of aromatic amines is 1. The summed E-state index contributed by atoms with van der Waals surface area (Å²) < 4.78 is 0. The zero-order chi connectivity index (χ0) is 26.9. The Kier molecular flexibility index (Phi) is 6.39. The number of carbonyl (C=O) groups is 3. The minimum absolute atomic E-state index is 0.0341. The topological polar surface area (TPSA) is 127 Å². The summed E-state index contributed by atoms with van der Waals surface area (Å²) in [7, 11) is 1.53. The van der Waals surface area contributed by atoms with Gasteiger partial charge in [-0.2, -0.15) is 0 Å². The highest BCUT2D eigenvalue weighted by atomic mass is 16.2. The molecule has 2 fully saturated rings. The maximum Gasteiger partial charge on any atom is 0.326 e. The second-order valence-corrected chi connectivity index (χ2v) is 9.79. The molecule has 0 aliphatic carbocycles. The van der Waals surface area contributed by atoms with E-state index in [0.717, 1.165) is 28.0 Å². The van der Waals surface area contributed by atoms with Gasteiger partial charge < -0.3 is 20.1 Å². The molecule has 6 rings (SSSR count). The smallest absolute Gasteiger partial charge is 0.326 e. The summed E-state index contributed by atoms with van der Waals surface area (Å²) in [5.41, 5.74) is 3.66. The molecule has 0 radical (unpaired) electrons. The summed E-state index contributed by atoms with van der Waals surface area (Å²) in [4.78, 5) is 58.9. The number of pyridine rings is 1. The van der Waals surface area contributed by atoms with Gasteiger partial charge in [-0.25, -0.2) is 14.8 Å². The molecule has 2 N–H and O–H groups in total. The zero-order valence-corrected chi connectivity index (χ0v) is 21.5. The number of likely N-dealkylation sites (tertiary alicyclic amines) is 1. The molecular formula is C28H28N8O3. The molecule has 2 aliphatic heterocycles. The fraction of sp³-hybridized carbons (Fsp3) is 0.286. The number of piperidine rings is 1. The van der Waals surface area contributed by atoms with Crippen LogP contribution in [0, 0.1) is 0 Å². The summed E-state index contributed by atoms with van der Waals surface area (Å²) >= 11 is 0. The normalized spacial score (nSPS) is 16.7. The minimum atomic E-state index is -0.245. The van der Waals surface area contributed by atoms with Crippen molar-refractivity contribution >= 4 is 40.4 Å². The number of benzene rings is 1. The first kappa shape index (κ1) is 24.5. The van der Waals surface area contributed by atoms with Gasteiger partial charge in [-0.15, -0.1) is 0 Å². The van der Waals surface area contributed by atoms with Crippen LogP contribution in [0.15, 0.2) is 60.9 Å². The van der Waals surface area contributed by atoms with E-state index in [1.807, 2.05) is 53.4 Å². The van der Waals surface area contributed by atoms with Crippen molar-refractivity contribution in [3.63, 3.8) is 0 Å². The lowest BCUT2D eigenvalue weighted by molar-refractivity contribution is -0.130. The van der Waals surface area contributed by atoms with Gasteiger partial charge in [0.25, 0.3) is 5.91 Å². The van der Waals surface area contributed by atoms with Crippen molar-refractivity contribution in [2.45, 2.75) is 25.3 Å². The lowest BCUT2D eigenvalue weighted by Crippen LogP contribution is -2.56. The van der Waals surface area contributed by atoms with Crippen LogP contribution < -0.4 is 5.32 Å². The molecule has 198 valence electrons. The van der Waals surface area contributed by atoms with E-state index in [1.54, 1.807) is 17.3 Å². The van der Waals surface area contributed by atoms with Gasteiger partial charge >= 0.3 is 6.03 Å². The standard InChI is InChI=1S/C28H28N8O3/c1-34-25(37)10-15-36(28(34)39)20-8-13-35(14-9-20)26(38)24-17-18-16-19(5-6-21(18)32-24)31-27-30-12-7-23(33-27)22-4-2-3-11-29-22/h2-7,11-12,16-17,20,32H,8-10,13-15H2,1H3,(H,30,31,33). The van der Waals surface area contributed by atoms with Crippen LogP contribution in [0.4, 0.5) is 16.4 Å². The molecule has 11 heteroatoms. The first-order valence-electron chi connectivity index (χ1n) is 13.0. The van der Waals surface area contributed by atoms with Gasteiger partial charge in [0.15, 0.2) is 0 Å². The van der Waals surface area contributed by atoms with Crippen LogP contribution in [0.1, 0.15) is 29.8 Å². The van der Waals surface area contributed by atoms with Gasteiger partial charge in [0, 0.05) is 68.1 Å². The molecule has 5 heterocycles. The minimum Gasteiger partial charge on any atom is -0.351 e. The average molecular weight is 525 g/mol. The van der Waals surface area contributed by atoms with Crippen LogP contribution >= 0.6 is 0 Å². The number of nitrogens with one attached hydrogen (secondary N) is 2. The predicted molar refractivity (Wildman–Crippen MR) is 145 cm³/mol. The number of fused-ring (bicyclic) bond motifs is 1. The molecule has 39 heavy (non-hydrogen) atoms. The molecule has 0 atom stereocenters. The highest BCUT2D eigenvalue weighted by Gasteiger charge is 2.36. The molecule has 4 aromatic rings. The third kappa shape index (κ3) is 4.90. The van der Waals surface area contributed by atoms with E-state index < -0.39 is 0 Å². The van der Waals surface area contributed by atoms with Gasteiger partial charge in [-0.1, -0.05) is 6.07 Å². The predicted octanol–water partition coefficient (Wildman–Crippen LogP) is 3.65. The fourth-order valence-corrected chi connectivity index (χ4v) is 5.20. The number of amides is 4.